The molecule has 2 aliphatic heterocycles. The number of benzene rings is 5. The summed E-state index contributed by atoms with van der Waals surface area (Å²) in [6, 6.07) is 15.1. The van der Waals surface area contributed by atoms with Crippen molar-refractivity contribution < 1.29 is 257 Å². The van der Waals surface area contributed by atoms with Crippen molar-refractivity contribution in [3.63, 3.8) is 0 Å². The van der Waals surface area contributed by atoms with Crippen molar-refractivity contribution in [1.29, 1.82) is 0 Å². The van der Waals surface area contributed by atoms with Gasteiger partial charge in [0.2, 0.25) is 70.9 Å². The average molecular weight is 2580 g/mol. The first-order valence-corrected chi connectivity index (χ1v) is 46.9. The fraction of sp³-hybridized carbons (Fsp3) is 0.402. The molecule has 20 N–H and O–H groups in total. The van der Waals surface area contributed by atoms with Crippen LogP contribution in [-0.4, -0.2) is 300 Å². The molecule has 141 heavy (non-hydrogen) atoms. The first-order valence-electron chi connectivity index (χ1n) is 44.1. The topological polar surface area (TPSA) is 598 Å². The van der Waals surface area contributed by atoms with E-state index in [2.05, 4.69) is 127 Å². The summed E-state index contributed by atoms with van der Waals surface area (Å²) in [6.07, 6.45) is 0.669. The molecule has 4 heterocycles. The van der Waals surface area contributed by atoms with Crippen LogP contribution in [0.1, 0.15) is 72.3 Å². The molecule has 49 heteroatoms. The number of carbonyl (C=O) groups excluding carboxylic acids is 16. The quantitative estimate of drug-likeness (QED) is 0.0142. The van der Waals surface area contributed by atoms with Crippen molar-refractivity contribution in [2.45, 2.75) is 145 Å². The molecule has 9 rings (SSSR count). The minimum absolute atomic E-state index is 0. The molecule has 11 atom stereocenters. The number of carboxylic acids is 1. The van der Waals surface area contributed by atoms with E-state index >= 15 is 33.6 Å². The summed E-state index contributed by atoms with van der Waals surface area (Å²) >= 11 is 6.35. The average Bonchev–Trinajstić information content (AvgIpc) is 1.73. The molecule has 7 aromatic rings. The number of phenols is 1. The molecule has 2 saturated heterocycles. The fourth-order valence-corrected chi connectivity index (χ4v) is 17.5. The van der Waals surface area contributed by atoms with Crippen molar-refractivity contribution in [3.05, 3.63) is 212 Å². The second-order valence-corrected chi connectivity index (χ2v) is 36.1. The van der Waals surface area contributed by atoms with Crippen LogP contribution in [-0.2, 0) is 127 Å². The van der Waals surface area contributed by atoms with Gasteiger partial charge in [-0.2, -0.15) is 0 Å². The Morgan fingerprint density at radius 2 is 1.01 bits per heavy atom. The van der Waals surface area contributed by atoms with Crippen molar-refractivity contribution in [2.75, 3.05) is 83.5 Å². The smallest absolute Gasteiger partial charge is 0.305 e. The number of hydrogen-bond acceptors (Lipinski definition) is 25. The number of fused-ring (bicyclic) bond motifs is 2. The van der Waals surface area contributed by atoms with Gasteiger partial charge in [0.25, 0.3) is 0 Å². The Labute approximate surface area is 956 Å². The van der Waals surface area contributed by atoms with Crippen LogP contribution in [0.25, 0.3) is 10.8 Å². The molecule has 0 saturated carbocycles. The van der Waals surface area contributed by atoms with E-state index in [-0.39, 0.29) is 304 Å². The number of rotatable bonds is 44. The van der Waals surface area contributed by atoms with Crippen LogP contribution in [0.15, 0.2) is 140 Å². The summed E-state index contributed by atoms with van der Waals surface area (Å²) in [4.78, 5) is 258. The summed E-state index contributed by atoms with van der Waals surface area (Å²) < 4.78 is 0. The van der Waals surface area contributed by atoms with Gasteiger partial charge in [0.05, 0.1) is 78.3 Å². The van der Waals surface area contributed by atoms with Gasteiger partial charge in [-0.3, -0.25) is 72.1 Å². The molecule has 16 amide bonds. The molecule has 5 aromatic carbocycles. The number of aromatic nitrogens is 4. The number of aromatic hydroxyl groups is 1. The van der Waals surface area contributed by atoms with Crippen LogP contribution in [0, 0.1) is 193 Å². The number of aliphatic carboxylic acids is 1. The normalized spacial score (nSPS) is 17.6. The van der Waals surface area contributed by atoms with Crippen LogP contribution in [0.2, 0.25) is 5.02 Å². The number of imidazole rings is 2. The van der Waals surface area contributed by atoms with Gasteiger partial charge < -0.3 is 157 Å². The van der Waals surface area contributed by atoms with E-state index in [0.717, 1.165) is 37.3 Å². The second kappa shape index (κ2) is 63.5. The number of amides is 16. The number of H-pyrrole nitrogens is 2. The van der Waals surface area contributed by atoms with E-state index in [1.54, 1.807) is 96.4 Å². The SMILES string of the molecule is [CH2-]C(=O)NCCN(CCNC([CH2-])=O)CC(=O)NCc1ccc(CNC(=O)[C@H](Cc2cccc3ccccc23)NC(=O)[C@H](Cc2c[nH]cn2)NC(=O)[C@@H]2CSSC[C@H](NC(=O)[C@H](Cc3c[nH]cn3)NC(=O)[C@H](Cc3ccccc3)NC(=O)CN(CCNC([CH2-])=O)CCNC([CH2-])=O)C(=O)N3CC(O)CC3C(=O)N[C@@H](Cc3ccc(O)c(Cl)c3)C(=O)N[C@@H](CC(=O)O)C(=O)N[C@@H](CC(C)C)C(=O)N2)cc1.[Gd].[Gd].[Gd].[Gd]. The molecule has 2 aliphatic rings. The first kappa shape index (κ1) is 123. The minimum Gasteiger partial charge on any atom is -0.506 e. The zero-order valence-electron chi connectivity index (χ0n) is 76.9. The van der Waals surface area contributed by atoms with Gasteiger partial charge >= 0.3 is 5.97 Å². The minimum atomic E-state index is -2.03. The molecule has 768 valence electrons. The molecular formula is C92H115ClGd4N22O20S2-4. The molecular weight excluding hydrogens is 2460 g/mol. The number of phenolic OH excluding ortho intramolecular Hbond substituents is 1. The van der Waals surface area contributed by atoms with E-state index in [1.807, 2.05) is 24.3 Å². The predicted molar refractivity (Wildman–Crippen MR) is 506 cm³/mol. The van der Waals surface area contributed by atoms with E-state index in [9.17, 15) is 63.3 Å². The maximum Gasteiger partial charge on any atom is 0.305 e. The maximum atomic E-state index is 15.8. The Balaban J connectivity index is 0.00000876. The molecule has 0 bridgehead atoms. The van der Waals surface area contributed by atoms with Crippen LogP contribution >= 0.6 is 33.2 Å². The number of hydrogen-bond donors (Lipinski definition) is 20. The Morgan fingerprint density at radius 3 is 1.55 bits per heavy atom. The zero-order chi connectivity index (χ0) is 99.2. The molecule has 0 radical (unpaired) electrons. The Hall–Kier alpha value is -8.78. The summed E-state index contributed by atoms with van der Waals surface area (Å²) in [7, 11) is 1.66. The first-order chi connectivity index (χ1) is 65.5. The van der Waals surface area contributed by atoms with Crippen LogP contribution < -0.4 is 79.8 Å². The standard InChI is InChI=1S/C92H115ClN22O20S2.4Gd/c1-53(2)33-69-84(127)111-76(90(133)108-73(38-64-44-94-51-102-64)87(130)106-72(37-63-17-12-16-62-15-10-11-18-67(62)63)83(126)101-43-60-21-19-59(20-22-60)42-100-80(122)47-113(29-25-96-54(3)116)30-26-97-55(4)117)49-136-137-50-77(92(135)115-46-66(120)40-78(115)91(134)110-71(36-61-23-24-79(121)68(93)34-61)86(129)109-75(41-82(124)125)89(132)105-69)112-88(131)74(39-65-45-95-52-103-65)107-85(128)70(35-58-13-8-7-9-14-58)104-81(123)48-114(31-27-98-56(5)118)32-28-99-57(6)119;;;;/h7-24,34,44-45,51-53,66,69-78,120-121H,3-6,25-33,35-43,46-50H2,1-2H3,(H,94,102)(H,95,103)(H,96,116)(H,97,117)(H,98,118)(H,99,119)(H,100,122)(H,101,126)(H,104,123)(H,105,132)(H,106,130)(H,107,128)(H,108,133)(H,109,129)(H,110,134)(H,111,127)(H,112,131)(H,124,125);;;;/q-4;;;;/t66?,69-,70-,71-,72-,73-,74-,75-,76-,77-,78?;;;;/m0..../s1. The van der Waals surface area contributed by atoms with Crippen molar-refractivity contribution in [2.24, 2.45) is 5.92 Å². The van der Waals surface area contributed by atoms with E-state index in [0.29, 0.717) is 22.3 Å². The van der Waals surface area contributed by atoms with Gasteiger partial charge in [-0.15, -0.1) is 0 Å². The van der Waals surface area contributed by atoms with Gasteiger partial charge in [-0.05, 0) is 63.1 Å². The van der Waals surface area contributed by atoms with Crippen molar-refractivity contribution in [1.82, 2.24) is 114 Å². The summed E-state index contributed by atoms with van der Waals surface area (Å²) in [5.74, 6) is -17.0. The number of nitrogens with zero attached hydrogens (tertiary/aromatic N) is 5. The van der Waals surface area contributed by atoms with Gasteiger partial charge in [0.1, 0.15) is 66.2 Å². The van der Waals surface area contributed by atoms with E-state index in [1.165, 1.54) is 43.2 Å². The molecule has 2 fully saturated rings. The number of aliphatic hydroxyl groups excluding tert-OH is 1. The zero-order valence-corrected chi connectivity index (χ0v) is 88.4. The largest absolute Gasteiger partial charge is 0.506 e. The monoisotopic (exact) mass is 2580 g/mol. The number of aliphatic hydroxyl groups is 1. The van der Waals surface area contributed by atoms with Crippen LogP contribution in [0.3, 0.4) is 0 Å². The molecule has 2 aromatic heterocycles. The van der Waals surface area contributed by atoms with Crippen LogP contribution in [0.5, 0.6) is 5.75 Å². The Kier molecular flexibility index (Phi) is 55.2. The maximum absolute atomic E-state index is 15.8. The predicted octanol–water partition coefficient (Wildman–Crippen LogP) is -2.26. The third kappa shape index (κ3) is 42.8. The molecule has 2 unspecified atom stereocenters. The van der Waals surface area contributed by atoms with Gasteiger partial charge in [0, 0.05) is 294 Å². The van der Waals surface area contributed by atoms with E-state index in [4.69, 9.17) is 11.6 Å². The molecule has 42 nitrogen and oxygen atoms in total. The third-order valence-electron chi connectivity index (χ3n) is 21.9. The fourth-order valence-electron chi connectivity index (χ4n) is 15.0. The number of carboxylic acid groups (broad SMARTS) is 1. The Morgan fingerprint density at radius 1 is 0.518 bits per heavy atom. The van der Waals surface area contributed by atoms with Crippen molar-refractivity contribution in [3.8, 4) is 5.75 Å². The van der Waals surface area contributed by atoms with E-state index < -0.39 is 204 Å². The van der Waals surface area contributed by atoms with Gasteiger partial charge in [-0.1, -0.05) is 150 Å². The second-order valence-electron chi connectivity index (χ2n) is 33.1. The summed E-state index contributed by atoms with van der Waals surface area (Å²) in [5, 5.41) is 73.8. The molecule has 0 spiro atoms. The number of halogens is 1. The molecule has 0 aliphatic carbocycles. The Bertz CT molecular complexity index is 5320. The number of carbonyl (C=O) groups is 17. The summed E-state index contributed by atoms with van der Waals surface area (Å²) in [6.45, 7) is 16.7. The number of nitrogens with one attached hydrogen (secondary N) is 17. The summed E-state index contributed by atoms with van der Waals surface area (Å²) in [5.41, 5.74) is 3.09. The number of aromatic amines is 2. The van der Waals surface area contributed by atoms with Crippen molar-refractivity contribution >= 4 is 144 Å². The van der Waals surface area contributed by atoms with Gasteiger partial charge in [0.15, 0.2) is 0 Å². The third-order valence-corrected chi connectivity index (χ3v) is 24.6. The van der Waals surface area contributed by atoms with Gasteiger partial charge in [-0.25, -0.2) is 9.97 Å². The van der Waals surface area contributed by atoms with Crippen LogP contribution in [0.4, 0.5) is 0 Å².